The number of hydrogen-bond acceptors (Lipinski definition) is 4. The average Bonchev–Trinajstić information content (AvgIpc) is 1.85. The second-order valence-corrected chi connectivity index (χ2v) is 1.98. The predicted octanol–water partition coefficient (Wildman–Crippen LogP) is 0.462. The topological polar surface area (TPSA) is 36.9 Å². The summed E-state index contributed by atoms with van der Waals surface area (Å²) in [6.45, 7) is 1.91. The van der Waals surface area contributed by atoms with Gasteiger partial charge in [-0.25, -0.2) is 5.12 Å². The summed E-state index contributed by atoms with van der Waals surface area (Å²) < 4.78 is 4.88. The van der Waals surface area contributed by atoms with E-state index >= 15 is 0 Å². The van der Waals surface area contributed by atoms with Crippen LogP contribution in [0.15, 0.2) is 16.9 Å². The van der Waals surface area contributed by atoms with Crippen LogP contribution in [0.1, 0.15) is 6.92 Å². The van der Waals surface area contributed by atoms with Gasteiger partial charge in [-0.15, -0.1) is 5.10 Å². The van der Waals surface area contributed by atoms with E-state index in [0.717, 1.165) is 5.70 Å². The smallest absolute Gasteiger partial charge is 0.234 e. The van der Waals surface area contributed by atoms with Gasteiger partial charge in [-0.3, -0.25) is 5.43 Å². The second kappa shape index (κ2) is 2.60. The van der Waals surface area contributed by atoms with Crippen LogP contribution in [-0.2, 0) is 4.74 Å². The molecule has 1 radical (unpaired) electrons. The molecule has 0 aliphatic carbocycles. The maximum Gasteiger partial charge on any atom is 0.234 e. The van der Waals surface area contributed by atoms with E-state index in [-0.39, 0.29) is 0 Å². The lowest BCUT2D eigenvalue weighted by molar-refractivity contribution is 0.284. The van der Waals surface area contributed by atoms with Crippen molar-refractivity contribution in [3.63, 3.8) is 0 Å². The van der Waals surface area contributed by atoms with Crippen LogP contribution in [-0.4, -0.2) is 18.1 Å². The van der Waals surface area contributed by atoms with Crippen LogP contribution >= 0.6 is 0 Å². The van der Waals surface area contributed by atoms with E-state index in [2.05, 4.69) is 17.6 Å². The lowest BCUT2D eigenvalue weighted by atomic mass is 10.4. The number of methoxy groups -OCH3 is 1. The molecule has 0 aromatic heterocycles. The number of nitrogens with zero attached hydrogens (tertiary/aromatic N) is 2. The lowest BCUT2D eigenvalue weighted by Crippen LogP contribution is -2.31. The summed E-state index contributed by atoms with van der Waals surface area (Å²) >= 11 is 0. The van der Waals surface area contributed by atoms with Crippen molar-refractivity contribution in [3.05, 3.63) is 18.8 Å². The molecule has 1 N–H and O–H groups in total. The third kappa shape index (κ3) is 1.40. The van der Waals surface area contributed by atoms with Crippen molar-refractivity contribution >= 4 is 5.90 Å². The normalized spacial score (nSPS) is 17.3. The minimum Gasteiger partial charge on any atom is -0.480 e. The highest BCUT2D eigenvalue weighted by Crippen LogP contribution is 1.99. The van der Waals surface area contributed by atoms with Gasteiger partial charge in [0, 0.05) is 11.8 Å². The first kappa shape index (κ1) is 6.92. The molecule has 0 bridgehead atoms. The van der Waals surface area contributed by atoms with Crippen LogP contribution in [0.5, 0.6) is 0 Å². The fraction of sp³-hybridized carbons (Fsp3) is 0.333. The molecule has 0 fully saturated rings. The van der Waals surface area contributed by atoms with Crippen molar-refractivity contribution in [1.29, 1.82) is 0 Å². The van der Waals surface area contributed by atoms with E-state index in [1.807, 2.05) is 6.92 Å². The van der Waals surface area contributed by atoms with E-state index in [0.29, 0.717) is 5.90 Å². The van der Waals surface area contributed by atoms with Gasteiger partial charge >= 0.3 is 0 Å². The van der Waals surface area contributed by atoms with Crippen LogP contribution in [0.4, 0.5) is 0 Å². The van der Waals surface area contributed by atoms with Crippen molar-refractivity contribution in [1.82, 2.24) is 10.5 Å². The third-order valence-corrected chi connectivity index (χ3v) is 1.07. The van der Waals surface area contributed by atoms with Gasteiger partial charge < -0.3 is 4.74 Å². The summed E-state index contributed by atoms with van der Waals surface area (Å²) in [7, 11) is 5.13. The number of rotatable bonds is 0. The Morgan fingerprint density at radius 3 is 3.00 bits per heavy atom. The molecule has 0 amide bonds. The van der Waals surface area contributed by atoms with Crippen molar-refractivity contribution in [2.45, 2.75) is 6.92 Å². The summed E-state index contributed by atoms with van der Waals surface area (Å²) in [6, 6.07) is 0. The Kier molecular flexibility index (Phi) is 1.80. The van der Waals surface area contributed by atoms with E-state index in [1.54, 1.807) is 13.2 Å². The lowest BCUT2D eigenvalue weighted by Gasteiger charge is -2.20. The van der Waals surface area contributed by atoms with Crippen molar-refractivity contribution in [2.24, 2.45) is 5.10 Å². The standard InChI is InChI=1S/C6H10N3O/c1-5-4-6(10-3)8-9(2)7-5/h4,7H,2H2,1,3H3. The molecule has 0 aromatic carbocycles. The van der Waals surface area contributed by atoms with Gasteiger partial charge in [0.15, 0.2) is 0 Å². The fourth-order valence-electron chi connectivity index (χ4n) is 0.694. The van der Waals surface area contributed by atoms with Crippen LogP contribution in [0.2, 0.25) is 0 Å². The Labute approximate surface area is 60.1 Å². The maximum atomic E-state index is 4.88. The average molecular weight is 140 g/mol. The molecule has 4 heteroatoms. The first-order valence-corrected chi connectivity index (χ1v) is 2.90. The summed E-state index contributed by atoms with van der Waals surface area (Å²) in [4.78, 5) is 0. The zero-order valence-corrected chi connectivity index (χ0v) is 6.09. The highest BCUT2D eigenvalue weighted by molar-refractivity contribution is 5.88. The molecule has 10 heavy (non-hydrogen) atoms. The molecule has 0 unspecified atom stereocenters. The van der Waals surface area contributed by atoms with Gasteiger partial charge in [-0.1, -0.05) is 0 Å². The Balaban J connectivity index is 2.72. The number of ether oxygens (including phenoxy) is 1. The first-order valence-electron chi connectivity index (χ1n) is 2.90. The number of hydrogen-bond donors (Lipinski definition) is 1. The van der Waals surface area contributed by atoms with E-state index in [1.165, 1.54) is 5.12 Å². The molecule has 1 rings (SSSR count). The van der Waals surface area contributed by atoms with Crippen LogP contribution < -0.4 is 5.43 Å². The number of allylic oxidation sites excluding steroid dienone is 1. The highest BCUT2D eigenvalue weighted by atomic mass is 16.5. The molecule has 0 aromatic rings. The zero-order valence-electron chi connectivity index (χ0n) is 6.09. The molecule has 0 saturated heterocycles. The van der Waals surface area contributed by atoms with Gasteiger partial charge in [0.05, 0.1) is 14.2 Å². The molecule has 4 nitrogen and oxygen atoms in total. The quantitative estimate of drug-likeness (QED) is 0.531. The Morgan fingerprint density at radius 1 is 1.80 bits per heavy atom. The minimum atomic E-state index is 0.561. The van der Waals surface area contributed by atoms with Crippen molar-refractivity contribution < 1.29 is 4.74 Å². The molecule has 1 aliphatic rings. The molecule has 55 valence electrons. The van der Waals surface area contributed by atoms with Gasteiger partial charge in [-0.2, -0.15) is 0 Å². The largest absolute Gasteiger partial charge is 0.480 e. The van der Waals surface area contributed by atoms with Gasteiger partial charge in [-0.05, 0) is 6.92 Å². The number of hydrazone groups is 1. The van der Waals surface area contributed by atoms with E-state index in [9.17, 15) is 0 Å². The number of nitrogens with one attached hydrogen (secondary N) is 1. The Bertz CT molecular complexity index is 185. The Hall–Kier alpha value is -1.19. The summed E-state index contributed by atoms with van der Waals surface area (Å²) in [6.07, 6.45) is 1.79. The van der Waals surface area contributed by atoms with Gasteiger partial charge in [0.1, 0.15) is 0 Å². The molecular weight excluding hydrogens is 130 g/mol. The predicted molar refractivity (Wildman–Crippen MR) is 38.5 cm³/mol. The molecule has 0 atom stereocenters. The molecular formula is C6H10N3O. The summed E-state index contributed by atoms with van der Waals surface area (Å²) in [5, 5.41) is 5.24. The summed E-state index contributed by atoms with van der Waals surface area (Å²) in [5.74, 6) is 0.561. The summed E-state index contributed by atoms with van der Waals surface area (Å²) in [5.41, 5.74) is 3.82. The first-order chi connectivity index (χ1) is 4.72. The molecule has 0 spiro atoms. The monoisotopic (exact) mass is 140 g/mol. The Morgan fingerprint density at radius 2 is 2.50 bits per heavy atom. The molecule has 0 saturated carbocycles. The van der Waals surface area contributed by atoms with E-state index < -0.39 is 0 Å². The fourth-order valence-corrected chi connectivity index (χ4v) is 0.694. The maximum absolute atomic E-state index is 4.88. The second-order valence-electron chi connectivity index (χ2n) is 1.98. The van der Waals surface area contributed by atoms with Crippen LogP contribution in [0.3, 0.4) is 0 Å². The molecule has 1 heterocycles. The van der Waals surface area contributed by atoms with Crippen molar-refractivity contribution in [3.8, 4) is 0 Å². The van der Waals surface area contributed by atoms with Gasteiger partial charge in [0.2, 0.25) is 5.90 Å². The highest BCUT2D eigenvalue weighted by Gasteiger charge is 2.04. The van der Waals surface area contributed by atoms with Crippen LogP contribution in [0.25, 0.3) is 0 Å². The van der Waals surface area contributed by atoms with Crippen LogP contribution in [0, 0.1) is 7.05 Å². The molecule has 1 aliphatic heterocycles. The number of hydrazine groups is 1. The van der Waals surface area contributed by atoms with Crippen molar-refractivity contribution in [2.75, 3.05) is 7.11 Å². The van der Waals surface area contributed by atoms with Gasteiger partial charge in [0.25, 0.3) is 0 Å². The SMILES string of the molecule is [CH2]N1N=C(OC)C=C(C)N1. The minimum absolute atomic E-state index is 0.561. The third-order valence-electron chi connectivity index (χ3n) is 1.07. The van der Waals surface area contributed by atoms with E-state index in [4.69, 9.17) is 4.74 Å². The zero-order chi connectivity index (χ0) is 7.56.